The second-order valence-electron chi connectivity index (χ2n) is 6.31. The molecule has 5 nitrogen and oxygen atoms in total. The van der Waals surface area contributed by atoms with Crippen LogP contribution in [0, 0.1) is 0 Å². The highest BCUT2D eigenvalue weighted by Gasteiger charge is 2.27. The number of carbonyl (C=O) groups excluding carboxylic acids is 1. The Hall–Kier alpha value is -2.40. The fraction of sp³-hybridized carbons (Fsp3) is 0.368. The van der Waals surface area contributed by atoms with Crippen LogP contribution in [0.3, 0.4) is 0 Å². The molecule has 1 saturated heterocycles. The lowest BCUT2D eigenvalue weighted by atomic mass is 9.98. The quantitative estimate of drug-likeness (QED) is 0.938. The summed E-state index contributed by atoms with van der Waals surface area (Å²) in [6, 6.07) is 11.6. The fourth-order valence-corrected chi connectivity index (χ4v) is 3.05. The number of aromatic nitrogens is 1. The second kappa shape index (κ2) is 7.45. The van der Waals surface area contributed by atoms with Crippen molar-refractivity contribution in [2.45, 2.75) is 38.5 Å². The third-order valence-electron chi connectivity index (χ3n) is 4.39. The number of nitrogens with zero attached hydrogens (tertiary/aromatic N) is 2. The van der Waals surface area contributed by atoms with E-state index in [9.17, 15) is 4.79 Å². The fourth-order valence-electron chi connectivity index (χ4n) is 3.05. The average molecular weight is 325 g/mol. The second-order valence-corrected chi connectivity index (χ2v) is 6.31. The van der Waals surface area contributed by atoms with Gasteiger partial charge >= 0.3 is 0 Å². The molecule has 24 heavy (non-hydrogen) atoms. The van der Waals surface area contributed by atoms with Crippen molar-refractivity contribution in [3.05, 3.63) is 59.9 Å². The number of likely N-dealkylation sites (tertiary alicyclic amines) is 1. The van der Waals surface area contributed by atoms with Gasteiger partial charge in [0.25, 0.3) is 5.91 Å². The van der Waals surface area contributed by atoms with Crippen LogP contribution < -0.4 is 10.5 Å². The molecule has 1 amide bonds. The van der Waals surface area contributed by atoms with E-state index in [0.29, 0.717) is 24.5 Å². The Kier molecular flexibility index (Phi) is 5.11. The van der Waals surface area contributed by atoms with Crippen molar-refractivity contribution in [3.63, 3.8) is 0 Å². The van der Waals surface area contributed by atoms with E-state index in [2.05, 4.69) is 11.9 Å². The molecule has 2 atom stereocenters. The maximum Gasteiger partial charge on any atom is 0.254 e. The molecule has 126 valence electrons. The Bertz CT molecular complexity index is 690. The molecular formula is C19H23N3O2. The van der Waals surface area contributed by atoms with E-state index in [4.69, 9.17) is 10.5 Å². The molecular weight excluding hydrogens is 302 g/mol. The van der Waals surface area contributed by atoms with Crippen molar-refractivity contribution in [1.82, 2.24) is 9.88 Å². The van der Waals surface area contributed by atoms with Crippen LogP contribution in [0.1, 0.15) is 35.7 Å². The molecule has 2 N–H and O–H groups in total. The molecule has 0 bridgehead atoms. The van der Waals surface area contributed by atoms with E-state index >= 15 is 0 Å². The zero-order chi connectivity index (χ0) is 16.9. The van der Waals surface area contributed by atoms with Crippen LogP contribution in [0.4, 0.5) is 0 Å². The van der Waals surface area contributed by atoms with E-state index in [1.165, 1.54) is 0 Å². The summed E-state index contributed by atoms with van der Waals surface area (Å²) < 4.78 is 5.78. The SMILES string of the molecule is C[C@@H]1C[C@@H](N)CCN1C(=O)c1cccc(OCc2cccnc2)c1. The van der Waals surface area contributed by atoms with Gasteiger partial charge in [-0.2, -0.15) is 0 Å². The number of rotatable bonds is 4. The van der Waals surface area contributed by atoms with Crippen molar-refractivity contribution in [2.75, 3.05) is 6.54 Å². The number of nitrogens with two attached hydrogens (primary N) is 1. The topological polar surface area (TPSA) is 68.5 Å². The van der Waals surface area contributed by atoms with Gasteiger partial charge in [0.2, 0.25) is 0 Å². The predicted molar refractivity (Wildman–Crippen MR) is 92.7 cm³/mol. The Morgan fingerprint density at radius 3 is 3.00 bits per heavy atom. The van der Waals surface area contributed by atoms with Crippen molar-refractivity contribution >= 4 is 5.91 Å². The van der Waals surface area contributed by atoms with Crippen LogP contribution in [0.25, 0.3) is 0 Å². The number of carbonyl (C=O) groups is 1. The maximum absolute atomic E-state index is 12.8. The van der Waals surface area contributed by atoms with Crippen molar-refractivity contribution in [3.8, 4) is 5.75 Å². The zero-order valence-electron chi connectivity index (χ0n) is 13.9. The first kappa shape index (κ1) is 16.5. The minimum atomic E-state index is 0.0428. The summed E-state index contributed by atoms with van der Waals surface area (Å²) in [5.74, 6) is 0.729. The predicted octanol–water partition coefficient (Wildman–Crippen LogP) is 2.61. The number of benzene rings is 1. The molecule has 3 rings (SSSR count). The number of hydrogen-bond acceptors (Lipinski definition) is 4. The van der Waals surface area contributed by atoms with E-state index in [1.807, 2.05) is 35.2 Å². The van der Waals surface area contributed by atoms with E-state index < -0.39 is 0 Å². The molecule has 1 aromatic heterocycles. The van der Waals surface area contributed by atoms with Gasteiger partial charge in [0.15, 0.2) is 0 Å². The Labute approximate surface area is 142 Å². The Balaban J connectivity index is 1.67. The largest absolute Gasteiger partial charge is 0.489 e. The standard InChI is InChI=1S/C19H23N3O2/c1-14-10-17(20)7-9-22(14)19(23)16-5-2-6-18(11-16)24-13-15-4-3-8-21-12-15/h2-6,8,11-12,14,17H,7,9-10,13,20H2,1H3/t14-,17+/m1/s1. The van der Waals surface area contributed by atoms with Gasteiger partial charge in [0.05, 0.1) is 0 Å². The van der Waals surface area contributed by atoms with Gasteiger partial charge in [-0.1, -0.05) is 12.1 Å². The molecule has 5 heteroatoms. The molecule has 1 aliphatic heterocycles. The number of pyridine rings is 1. The lowest BCUT2D eigenvalue weighted by Crippen LogP contribution is -2.48. The third kappa shape index (κ3) is 3.92. The van der Waals surface area contributed by atoms with Crippen LogP contribution in [0.2, 0.25) is 0 Å². The zero-order valence-corrected chi connectivity index (χ0v) is 13.9. The molecule has 2 heterocycles. The normalized spacial score (nSPS) is 20.7. The molecule has 1 fully saturated rings. The highest BCUT2D eigenvalue weighted by Crippen LogP contribution is 2.21. The van der Waals surface area contributed by atoms with Gasteiger partial charge in [0.1, 0.15) is 12.4 Å². The van der Waals surface area contributed by atoms with Gasteiger partial charge in [-0.25, -0.2) is 0 Å². The molecule has 0 unspecified atom stereocenters. The van der Waals surface area contributed by atoms with Crippen molar-refractivity contribution < 1.29 is 9.53 Å². The summed E-state index contributed by atoms with van der Waals surface area (Å²) in [5, 5.41) is 0. The molecule has 2 aromatic rings. The summed E-state index contributed by atoms with van der Waals surface area (Å²) in [4.78, 5) is 18.7. The number of piperidine rings is 1. The van der Waals surface area contributed by atoms with E-state index in [1.54, 1.807) is 18.5 Å². The van der Waals surface area contributed by atoms with Crippen LogP contribution in [-0.4, -0.2) is 34.4 Å². The third-order valence-corrected chi connectivity index (χ3v) is 4.39. The van der Waals surface area contributed by atoms with Crippen molar-refractivity contribution in [1.29, 1.82) is 0 Å². The van der Waals surface area contributed by atoms with E-state index in [0.717, 1.165) is 18.4 Å². The summed E-state index contributed by atoms with van der Waals surface area (Å²) in [5.41, 5.74) is 7.63. The minimum absolute atomic E-state index is 0.0428. The highest BCUT2D eigenvalue weighted by atomic mass is 16.5. The minimum Gasteiger partial charge on any atom is -0.489 e. The van der Waals surface area contributed by atoms with E-state index in [-0.39, 0.29) is 18.0 Å². The molecule has 0 aliphatic carbocycles. The highest BCUT2D eigenvalue weighted by molar-refractivity contribution is 5.94. The first-order chi connectivity index (χ1) is 11.6. The summed E-state index contributed by atoms with van der Waals surface area (Å²) in [6.07, 6.45) is 5.21. The van der Waals surface area contributed by atoms with Crippen LogP contribution in [0.5, 0.6) is 5.75 Å². The molecule has 1 aliphatic rings. The first-order valence-corrected chi connectivity index (χ1v) is 8.32. The number of amides is 1. The van der Waals surface area contributed by atoms with Gasteiger partial charge in [-0.05, 0) is 44.0 Å². The monoisotopic (exact) mass is 325 g/mol. The summed E-state index contributed by atoms with van der Waals surface area (Å²) in [6.45, 7) is 3.20. The van der Waals surface area contributed by atoms with Crippen molar-refractivity contribution in [2.24, 2.45) is 5.73 Å². The molecule has 1 aromatic carbocycles. The average Bonchev–Trinajstić information content (AvgIpc) is 2.61. The lowest BCUT2D eigenvalue weighted by molar-refractivity contribution is 0.0618. The lowest BCUT2D eigenvalue weighted by Gasteiger charge is -2.36. The first-order valence-electron chi connectivity index (χ1n) is 8.32. The van der Waals surface area contributed by atoms with Crippen LogP contribution in [0.15, 0.2) is 48.8 Å². The summed E-state index contributed by atoms with van der Waals surface area (Å²) >= 11 is 0. The maximum atomic E-state index is 12.8. The van der Waals surface area contributed by atoms with Gasteiger partial charge in [0, 0.05) is 42.1 Å². The molecule has 0 radical (unpaired) electrons. The molecule has 0 spiro atoms. The van der Waals surface area contributed by atoms with Crippen LogP contribution in [-0.2, 0) is 6.61 Å². The number of ether oxygens (including phenoxy) is 1. The Morgan fingerprint density at radius 2 is 2.25 bits per heavy atom. The smallest absolute Gasteiger partial charge is 0.254 e. The van der Waals surface area contributed by atoms with Crippen LogP contribution >= 0.6 is 0 Å². The van der Waals surface area contributed by atoms with Gasteiger partial charge < -0.3 is 15.4 Å². The van der Waals surface area contributed by atoms with Gasteiger partial charge in [-0.15, -0.1) is 0 Å². The number of hydrogen-bond donors (Lipinski definition) is 1. The Morgan fingerprint density at radius 1 is 1.38 bits per heavy atom. The molecule has 0 saturated carbocycles. The summed E-state index contributed by atoms with van der Waals surface area (Å²) in [7, 11) is 0. The van der Waals surface area contributed by atoms with Gasteiger partial charge in [-0.3, -0.25) is 9.78 Å².